The van der Waals surface area contributed by atoms with E-state index in [-0.39, 0.29) is 0 Å². The van der Waals surface area contributed by atoms with E-state index in [4.69, 9.17) is 5.11 Å². The van der Waals surface area contributed by atoms with Crippen molar-refractivity contribution in [2.24, 2.45) is 0 Å². The van der Waals surface area contributed by atoms with Gasteiger partial charge in [-0.15, -0.1) is 0 Å². The highest BCUT2D eigenvalue weighted by atomic mass is 32.2. The molecule has 1 aromatic carbocycles. The van der Waals surface area contributed by atoms with E-state index in [0.717, 1.165) is 4.31 Å². The maximum Gasteiger partial charge on any atom is 0.335 e. The van der Waals surface area contributed by atoms with Crippen LogP contribution in [0.25, 0.3) is 0 Å². The van der Waals surface area contributed by atoms with E-state index in [9.17, 15) is 22.0 Å². The second kappa shape index (κ2) is 6.48. The van der Waals surface area contributed by atoms with Crippen molar-refractivity contribution in [1.82, 2.24) is 4.31 Å². The molecule has 0 spiro atoms. The number of halogens is 2. The Bertz CT molecular complexity index is 646. The number of hydrogen-bond acceptors (Lipinski definition) is 3. The topological polar surface area (TPSA) is 74.7 Å². The van der Waals surface area contributed by atoms with Gasteiger partial charge in [-0.1, -0.05) is 13.3 Å². The molecule has 0 saturated heterocycles. The minimum absolute atomic E-state index is 0.420. The number of carboxylic acid groups (broad SMARTS) is 1. The van der Waals surface area contributed by atoms with Crippen LogP contribution in [-0.4, -0.2) is 36.9 Å². The lowest BCUT2D eigenvalue weighted by atomic mass is 10.2. The molecule has 1 rings (SSSR count). The van der Waals surface area contributed by atoms with Crippen LogP contribution in [0.1, 0.15) is 37.0 Å². The van der Waals surface area contributed by atoms with Gasteiger partial charge in [-0.3, -0.25) is 0 Å². The number of carboxylic acids is 1. The van der Waals surface area contributed by atoms with Gasteiger partial charge in [0.1, 0.15) is 4.90 Å². The lowest BCUT2D eigenvalue weighted by Gasteiger charge is -2.24. The molecular formula is C13H17F2NO4S. The Morgan fingerprint density at radius 1 is 1.38 bits per heavy atom. The summed E-state index contributed by atoms with van der Waals surface area (Å²) in [4.78, 5) is 9.89. The standard InChI is InChI=1S/C13H17F2NO4S/c1-4-5-8(2)16(3)21(19,20)11-7-9(13(17)18)6-10(14)12(11)15/h6-8H,4-5H2,1-3H3,(H,17,18). The molecule has 1 atom stereocenters. The molecule has 1 unspecified atom stereocenters. The van der Waals surface area contributed by atoms with Gasteiger partial charge in [0.15, 0.2) is 11.6 Å². The van der Waals surface area contributed by atoms with E-state index < -0.39 is 44.1 Å². The first-order valence-corrected chi connectivity index (χ1v) is 7.77. The summed E-state index contributed by atoms with van der Waals surface area (Å²) in [5.74, 6) is -4.62. The summed E-state index contributed by atoms with van der Waals surface area (Å²) in [7, 11) is -3.06. The third-order valence-electron chi connectivity index (χ3n) is 3.23. The van der Waals surface area contributed by atoms with Gasteiger partial charge in [0.25, 0.3) is 0 Å². The fourth-order valence-electron chi connectivity index (χ4n) is 1.87. The van der Waals surface area contributed by atoms with E-state index >= 15 is 0 Å². The van der Waals surface area contributed by atoms with Crippen molar-refractivity contribution in [3.05, 3.63) is 29.3 Å². The fourth-order valence-corrected chi connectivity index (χ4v) is 3.36. The first-order valence-electron chi connectivity index (χ1n) is 6.33. The Balaban J connectivity index is 3.40. The second-order valence-electron chi connectivity index (χ2n) is 4.73. The number of carbonyl (C=O) groups is 1. The molecule has 1 aromatic rings. The molecule has 0 radical (unpaired) electrons. The fraction of sp³-hybridized carbons (Fsp3) is 0.462. The van der Waals surface area contributed by atoms with Crippen molar-refractivity contribution >= 4 is 16.0 Å². The zero-order valence-corrected chi connectivity index (χ0v) is 12.7. The van der Waals surface area contributed by atoms with Crippen molar-refractivity contribution in [3.8, 4) is 0 Å². The predicted molar refractivity (Wildman–Crippen MR) is 72.6 cm³/mol. The largest absolute Gasteiger partial charge is 0.478 e. The van der Waals surface area contributed by atoms with Crippen LogP contribution in [0.3, 0.4) is 0 Å². The maximum atomic E-state index is 13.8. The summed E-state index contributed by atoms with van der Waals surface area (Å²) >= 11 is 0. The Morgan fingerprint density at radius 3 is 2.43 bits per heavy atom. The Hall–Kier alpha value is -1.54. The van der Waals surface area contributed by atoms with Gasteiger partial charge in [-0.25, -0.2) is 22.0 Å². The highest BCUT2D eigenvalue weighted by Gasteiger charge is 2.30. The lowest BCUT2D eigenvalue weighted by molar-refractivity contribution is 0.0696. The zero-order chi connectivity index (χ0) is 16.4. The molecule has 0 aliphatic heterocycles. The molecule has 0 aromatic heterocycles. The van der Waals surface area contributed by atoms with Crippen molar-refractivity contribution in [2.45, 2.75) is 37.6 Å². The quantitative estimate of drug-likeness (QED) is 0.873. The molecule has 0 aliphatic rings. The summed E-state index contributed by atoms with van der Waals surface area (Å²) in [6, 6.07) is 0.660. The van der Waals surface area contributed by atoms with Crippen molar-refractivity contribution < 1.29 is 27.1 Å². The highest BCUT2D eigenvalue weighted by Crippen LogP contribution is 2.24. The minimum atomic E-state index is -4.31. The zero-order valence-electron chi connectivity index (χ0n) is 11.9. The predicted octanol–water partition coefficient (Wildman–Crippen LogP) is 2.47. The number of aromatic carboxylic acids is 1. The van der Waals surface area contributed by atoms with E-state index in [1.165, 1.54) is 7.05 Å². The van der Waals surface area contributed by atoms with Gasteiger partial charge in [0.05, 0.1) is 5.56 Å². The van der Waals surface area contributed by atoms with Crippen LogP contribution in [0.2, 0.25) is 0 Å². The summed E-state index contributed by atoms with van der Waals surface area (Å²) in [6.07, 6.45) is 1.26. The lowest BCUT2D eigenvalue weighted by Crippen LogP contribution is -2.35. The molecular weight excluding hydrogens is 304 g/mol. The van der Waals surface area contributed by atoms with Gasteiger partial charge in [0.2, 0.25) is 10.0 Å². The minimum Gasteiger partial charge on any atom is -0.478 e. The smallest absolute Gasteiger partial charge is 0.335 e. The Morgan fingerprint density at radius 2 is 1.95 bits per heavy atom. The average Bonchev–Trinajstić information content (AvgIpc) is 2.40. The third-order valence-corrected chi connectivity index (χ3v) is 5.20. The van der Waals surface area contributed by atoms with Crippen LogP contribution in [0.4, 0.5) is 8.78 Å². The average molecular weight is 321 g/mol. The van der Waals surface area contributed by atoms with Gasteiger partial charge in [0, 0.05) is 13.1 Å². The SMILES string of the molecule is CCCC(C)N(C)S(=O)(=O)c1cc(C(=O)O)cc(F)c1F. The molecule has 118 valence electrons. The first kappa shape index (κ1) is 17.5. The van der Waals surface area contributed by atoms with Crippen LogP contribution in [0, 0.1) is 11.6 Å². The van der Waals surface area contributed by atoms with E-state index in [0.29, 0.717) is 25.0 Å². The van der Waals surface area contributed by atoms with Crippen LogP contribution in [-0.2, 0) is 10.0 Å². The van der Waals surface area contributed by atoms with E-state index in [1.54, 1.807) is 6.92 Å². The molecule has 0 saturated carbocycles. The van der Waals surface area contributed by atoms with Crippen molar-refractivity contribution in [3.63, 3.8) is 0 Å². The van der Waals surface area contributed by atoms with E-state index in [2.05, 4.69) is 0 Å². The normalized spacial score (nSPS) is 13.4. The van der Waals surface area contributed by atoms with Gasteiger partial charge >= 0.3 is 5.97 Å². The van der Waals surface area contributed by atoms with Crippen molar-refractivity contribution in [2.75, 3.05) is 7.05 Å². The second-order valence-corrected chi connectivity index (χ2v) is 6.70. The number of sulfonamides is 1. The van der Waals surface area contributed by atoms with Gasteiger partial charge in [-0.05, 0) is 25.5 Å². The number of benzene rings is 1. The Kier molecular flexibility index (Phi) is 5.41. The summed E-state index contributed by atoms with van der Waals surface area (Å²) in [5.41, 5.74) is -0.621. The van der Waals surface area contributed by atoms with Crippen molar-refractivity contribution in [1.29, 1.82) is 0 Å². The molecule has 5 nitrogen and oxygen atoms in total. The summed E-state index contributed by atoms with van der Waals surface area (Å²) in [5, 5.41) is 8.82. The van der Waals surface area contributed by atoms with Crippen LogP contribution >= 0.6 is 0 Å². The molecule has 0 fully saturated rings. The molecule has 0 amide bonds. The molecule has 1 N–H and O–H groups in total. The summed E-state index contributed by atoms with van der Waals surface area (Å²) < 4.78 is 52.8. The highest BCUT2D eigenvalue weighted by molar-refractivity contribution is 7.89. The third kappa shape index (κ3) is 3.56. The summed E-state index contributed by atoms with van der Waals surface area (Å²) in [6.45, 7) is 3.50. The monoisotopic (exact) mass is 321 g/mol. The Labute approximate surface area is 122 Å². The molecule has 8 heteroatoms. The van der Waals surface area contributed by atoms with Crippen LogP contribution < -0.4 is 0 Å². The number of hydrogen-bond donors (Lipinski definition) is 1. The molecule has 0 aliphatic carbocycles. The van der Waals surface area contributed by atoms with Gasteiger partial charge < -0.3 is 5.11 Å². The van der Waals surface area contributed by atoms with Crippen LogP contribution in [0.5, 0.6) is 0 Å². The molecule has 0 heterocycles. The molecule has 21 heavy (non-hydrogen) atoms. The maximum absolute atomic E-state index is 13.8. The van der Waals surface area contributed by atoms with Crippen LogP contribution in [0.15, 0.2) is 17.0 Å². The number of nitrogens with zero attached hydrogens (tertiary/aromatic N) is 1. The van der Waals surface area contributed by atoms with E-state index in [1.807, 2.05) is 6.92 Å². The molecule has 0 bridgehead atoms. The number of rotatable bonds is 6. The van der Waals surface area contributed by atoms with Gasteiger partial charge in [-0.2, -0.15) is 4.31 Å². The first-order chi connectivity index (χ1) is 9.62.